The van der Waals surface area contributed by atoms with Gasteiger partial charge in [0.1, 0.15) is 0 Å². The fourth-order valence-corrected chi connectivity index (χ4v) is 4.41. The minimum atomic E-state index is 0.307. The van der Waals surface area contributed by atoms with Crippen LogP contribution in [0.1, 0.15) is 25.7 Å². The van der Waals surface area contributed by atoms with E-state index in [0.29, 0.717) is 29.5 Å². The van der Waals surface area contributed by atoms with Crippen LogP contribution in [0, 0.1) is 23.7 Å². The van der Waals surface area contributed by atoms with Crippen LogP contribution in [0.3, 0.4) is 0 Å². The highest BCUT2D eigenvalue weighted by Gasteiger charge is 2.53. The van der Waals surface area contributed by atoms with Crippen LogP contribution in [0.2, 0.25) is 0 Å². The van der Waals surface area contributed by atoms with Crippen molar-refractivity contribution in [3.05, 3.63) is 23.9 Å². The zero-order chi connectivity index (χ0) is 11.4. The van der Waals surface area contributed by atoms with Gasteiger partial charge in [0.15, 0.2) is 5.78 Å². The molecular weight excluding hydrogens is 210 g/mol. The van der Waals surface area contributed by atoms with Crippen LogP contribution in [0.5, 0.6) is 0 Å². The molecule has 1 heterocycles. The maximum absolute atomic E-state index is 12.2. The van der Waals surface area contributed by atoms with Gasteiger partial charge < -0.3 is 4.90 Å². The molecular formula is C15H19NO. The standard InChI is InChI=1S/C15H19NO/c17-13-9-12(16-6-2-1-3-7-16)14-10-4-5-11(8-10)15(13)14/h4-5,9-11,14-15H,1-3,6-8H2/t10-,11+,14+,15-/m0/s1. The minimum absolute atomic E-state index is 0.307. The summed E-state index contributed by atoms with van der Waals surface area (Å²) in [6, 6.07) is 0. The minimum Gasteiger partial charge on any atom is -0.374 e. The van der Waals surface area contributed by atoms with Crippen molar-refractivity contribution in [2.75, 3.05) is 13.1 Å². The molecule has 2 heteroatoms. The third-order valence-electron chi connectivity index (χ3n) is 5.14. The summed E-state index contributed by atoms with van der Waals surface area (Å²) in [5, 5.41) is 0. The zero-order valence-electron chi connectivity index (χ0n) is 10.1. The quantitative estimate of drug-likeness (QED) is 0.643. The molecule has 4 atom stereocenters. The maximum atomic E-state index is 12.2. The van der Waals surface area contributed by atoms with Crippen LogP contribution in [-0.2, 0) is 4.79 Å². The molecule has 0 aromatic carbocycles. The molecule has 4 rings (SSSR count). The predicted octanol–water partition coefficient (Wildman–Crippen LogP) is 2.38. The first kappa shape index (κ1) is 9.93. The first-order chi connectivity index (χ1) is 8.34. The molecule has 2 bridgehead atoms. The van der Waals surface area contributed by atoms with Crippen LogP contribution in [0.25, 0.3) is 0 Å². The molecule has 1 saturated heterocycles. The van der Waals surface area contributed by atoms with Gasteiger partial charge in [0.25, 0.3) is 0 Å². The Hall–Kier alpha value is -1.05. The van der Waals surface area contributed by atoms with Gasteiger partial charge in [-0.2, -0.15) is 0 Å². The van der Waals surface area contributed by atoms with Crippen molar-refractivity contribution >= 4 is 5.78 Å². The largest absolute Gasteiger partial charge is 0.374 e. The number of hydrogen-bond acceptors (Lipinski definition) is 2. The number of nitrogens with zero attached hydrogens (tertiary/aromatic N) is 1. The van der Waals surface area contributed by atoms with E-state index in [1.54, 1.807) is 0 Å². The second-order valence-corrected chi connectivity index (χ2v) is 6.02. The summed E-state index contributed by atoms with van der Waals surface area (Å²) in [6.07, 6.45) is 11.8. The van der Waals surface area contributed by atoms with Gasteiger partial charge in [0, 0.05) is 36.7 Å². The Balaban J connectivity index is 1.65. The maximum Gasteiger partial charge on any atom is 0.161 e. The number of carbonyl (C=O) groups excluding carboxylic acids is 1. The van der Waals surface area contributed by atoms with Gasteiger partial charge in [-0.05, 0) is 37.5 Å². The molecule has 1 aliphatic heterocycles. The first-order valence-electron chi connectivity index (χ1n) is 7.03. The highest BCUT2D eigenvalue weighted by molar-refractivity contribution is 5.96. The average molecular weight is 229 g/mol. The average Bonchev–Trinajstić information content (AvgIpc) is 3.03. The summed E-state index contributed by atoms with van der Waals surface area (Å²) in [5.41, 5.74) is 1.39. The Kier molecular flexibility index (Phi) is 2.03. The van der Waals surface area contributed by atoms with E-state index < -0.39 is 0 Å². The van der Waals surface area contributed by atoms with Gasteiger partial charge in [0.05, 0.1) is 0 Å². The first-order valence-corrected chi connectivity index (χ1v) is 7.03. The number of ketones is 1. The second-order valence-electron chi connectivity index (χ2n) is 6.02. The lowest BCUT2D eigenvalue weighted by Gasteiger charge is -2.35. The number of piperidine rings is 1. The third kappa shape index (κ3) is 1.30. The van der Waals surface area contributed by atoms with Gasteiger partial charge in [-0.15, -0.1) is 0 Å². The lowest BCUT2D eigenvalue weighted by Crippen LogP contribution is -2.33. The topological polar surface area (TPSA) is 20.3 Å². The fourth-order valence-electron chi connectivity index (χ4n) is 4.41. The number of likely N-dealkylation sites (tertiary alicyclic amines) is 1. The van der Waals surface area contributed by atoms with Crippen molar-refractivity contribution < 1.29 is 4.79 Å². The number of fused-ring (bicyclic) bond motifs is 5. The van der Waals surface area contributed by atoms with Crippen molar-refractivity contribution in [2.45, 2.75) is 25.7 Å². The van der Waals surface area contributed by atoms with E-state index in [1.165, 1.54) is 44.5 Å². The molecule has 90 valence electrons. The molecule has 0 aromatic heterocycles. The summed E-state index contributed by atoms with van der Waals surface area (Å²) in [5.74, 6) is 2.46. The van der Waals surface area contributed by atoms with Crippen LogP contribution >= 0.6 is 0 Å². The molecule has 0 N–H and O–H groups in total. The molecule has 0 amide bonds. The van der Waals surface area contributed by atoms with E-state index >= 15 is 0 Å². The lowest BCUT2D eigenvalue weighted by atomic mass is 9.83. The Morgan fingerprint density at radius 2 is 1.71 bits per heavy atom. The molecule has 1 saturated carbocycles. The summed E-state index contributed by atoms with van der Waals surface area (Å²) in [7, 11) is 0. The SMILES string of the molecule is O=C1C=C(N2CCCCC2)[C@@H]2[C@H]1[C@@H]1C=C[C@H]2C1. The van der Waals surface area contributed by atoms with Crippen LogP contribution in [0.15, 0.2) is 23.9 Å². The predicted molar refractivity (Wildman–Crippen MR) is 66.2 cm³/mol. The van der Waals surface area contributed by atoms with E-state index in [-0.39, 0.29) is 0 Å². The van der Waals surface area contributed by atoms with Gasteiger partial charge >= 0.3 is 0 Å². The van der Waals surface area contributed by atoms with E-state index in [4.69, 9.17) is 0 Å². The van der Waals surface area contributed by atoms with Crippen molar-refractivity contribution in [3.63, 3.8) is 0 Å². The molecule has 17 heavy (non-hydrogen) atoms. The Morgan fingerprint density at radius 3 is 2.47 bits per heavy atom. The smallest absolute Gasteiger partial charge is 0.161 e. The van der Waals surface area contributed by atoms with Crippen molar-refractivity contribution in [1.29, 1.82) is 0 Å². The Labute approximate surface area is 102 Å². The number of rotatable bonds is 1. The molecule has 2 nitrogen and oxygen atoms in total. The second kappa shape index (κ2) is 3.47. The van der Waals surface area contributed by atoms with Crippen LogP contribution < -0.4 is 0 Å². The monoisotopic (exact) mass is 229 g/mol. The Bertz CT molecular complexity index is 417. The van der Waals surface area contributed by atoms with E-state index in [1.807, 2.05) is 6.08 Å². The molecule has 0 aromatic rings. The summed E-state index contributed by atoms with van der Waals surface area (Å²) < 4.78 is 0. The molecule has 3 aliphatic carbocycles. The summed E-state index contributed by atoms with van der Waals surface area (Å²) in [6.45, 7) is 2.34. The lowest BCUT2D eigenvalue weighted by molar-refractivity contribution is -0.118. The van der Waals surface area contributed by atoms with Crippen LogP contribution in [0.4, 0.5) is 0 Å². The van der Waals surface area contributed by atoms with Crippen molar-refractivity contribution in [1.82, 2.24) is 4.90 Å². The third-order valence-corrected chi connectivity index (χ3v) is 5.14. The molecule has 0 unspecified atom stereocenters. The van der Waals surface area contributed by atoms with Crippen LogP contribution in [-0.4, -0.2) is 23.8 Å². The van der Waals surface area contributed by atoms with E-state index in [9.17, 15) is 4.79 Å². The Morgan fingerprint density at radius 1 is 1.00 bits per heavy atom. The summed E-state index contributed by atoms with van der Waals surface area (Å²) in [4.78, 5) is 14.7. The number of carbonyl (C=O) groups is 1. The number of allylic oxidation sites excluding steroid dienone is 4. The van der Waals surface area contributed by atoms with Gasteiger partial charge in [-0.1, -0.05) is 12.2 Å². The zero-order valence-corrected chi connectivity index (χ0v) is 10.1. The molecule has 2 fully saturated rings. The fraction of sp³-hybridized carbons (Fsp3) is 0.667. The summed E-state index contributed by atoms with van der Waals surface area (Å²) >= 11 is 0. The van der Waals surface area contributed by atoms with Gasteiger partial charge in [0.2, 0.25) is 0 Å². The molecule has 4 aliphatic rings. The molecule has 0 spiro atoms. The van der Waals surface area contributed by atoms with Gasteiger partial charge in [-0.25, -0.2) is 0 Å². The highest BCUT2D eigenvalue weighted by Crippen LogP contribution is 2.54. The van der Waals surface area contributed by atoms with E-state index in [2.05, 4.69) is 17.1 Å². The highest BCUT2D eigenvalue weighted by atomic mass is 16.1. The normalized spacial score (nSPS) is 43.2. The van der Waals surface area contributed by atoms with Crippen molar-refractivity contribution in [3.8, 4) is 0 Å². The van der Waals surface area contributed by atoms with Crippen molar-refractivity contribution in [2.24, 2.45) is 23.7 Å². The molecule has 0 radical (unpaired) electrons. The van der Waals surface area contributed by atoms with E-state index in [0.717, 1.165) is 0 Å². The number of hydrogen-bond donors (Lipinski definition) is 0. The van der Waals surface area contributed by atoms with Gasteiger partial charge in [-0.3, -0.25) is 4.79 Å².